The number of unbranched alkanes of at least 4 members (excludes halogenated alkanes) is 15. The van der Waals surface area contributed by atoms with Gasteiger partial charge < -0.3 is 15.4 Å². The van der Waals surface area contributed by atoms with E-state index in [9.17, 15) is 0 Å². The summed E-state index contributed by atoms with van der Waals surface area (Å²) in [6.07, 6.45) is 23.5. The third-order valence-electron chi connectivity index (χ3n) is 5.92. The van der Waals surface area contributed by atoms with Gasteiger partial charge in [0.15, 0.2) is 5.11 Å². The molecule has 0 saturated carbocycles. The summed E-state index contributed by atoms with van der Waals surface area (Å²) < 4.78 is 5.75. The van der Waals surface area contributed by atoms with Crippen LogP contribution in [0.25, 0.3) is 0 Å². The first-order valence-electron chi connectivity index (χ1n) is 13.5. The summed E-state index contributed by atoms with van der Waals surface area (Å²) in [7, 11) is 0. The zero-order valence-electron chi connectivity index (χ0n) is 20.8. The number of nitrogens with one attached hydrogen (secondary N) is 2. The van der Waals surface area contributed by atoms with Crippen molar-refractivity contribution in [3.8, 4) is 0 Å². The van der Waals surface area contributed by atoms with Crippen molar-refractivity contribution in [3.05, 3.63) is 30.3 Å². The van der Waals surface area contributed by atoms with Crippen molar-refractivity contribution < 1.29 is 4.74 Å². The van der Waals surface area contributed by atoms with Gasteiger partial charge in [-0.1, -0.05) is 121 Å². The fraction of sp³-hybridized carbons (Fsp3) is 0.750. The fourth-order valence-electron chi connectivity index (χ4n) is 3.93. The molecule has 0 radical (unpaired) electrons. The first-order chi connectivity index (χ1) is 15.8. The lowest BCUT2D eigenvalue weighted by Gasteiger charge is -2.10. The minimum Gasteiger partial charge on any atom is -0.381 e. The first-order valence-corrected chi connectivity index (χ1v) is 13.9. The molecule has 0 aromatic heterocycles. The van der Waals surface area contributed by atoms with Crippen LogP contribution in [0.1, 0.15) is 116 Å². The lowest BCUT2D eigenvalue weighted by Crippen LogP contribution is -2.29. The van der Waals surface area contributed by atoms with Crippen LogP contribution < -0.4 is 10.6 Å². The lowest BCUT2D eigenvalue weighted by molar-refractivity contribution is 0.128. The van der Waals surface area contributed by atoms with Crippen LogP contribution in [0.2, 0.25) is 0 Å². The van der Waals surface area contributed by atoms with Crippen LogP contribution in [0.15, 0.2) is 30.3 Å². The van der Waals surface area contributed by atoms with E-state index in [2.05, 4.69) is 17.6 Å². The van der Waals surface area contributed by atoms with Gasteiger partial charge in [0.25, 0.3) is 0 Å². The van der Waals surface area contributed by atoms with Crippen molar-refractivity contribution in [1.82, 2.24) is 5.32 Å². The van der Waals surface area contributed by atoms with Crippen LogP contribution >= 0.6 is 12.2 Å². The Bertz CT molecular complexity index is 523. The number of ether oxygens (including phenoxy) is 1. The van der Waals surface area contributed by atoms with Crippen LogP contribution in [0.4, 0.5) is 5.69 Å². The van der Waals surface area contributed by atoms with Crippen LogP contribution in [0, 0.1) is 0 Å². The second-order valence-electron chi connectivity index (χ2n) is 9.02. The van der Waals surface area contributed by atoms with Crippen molar-refractivity contribution in [2.75, 3.05) is 25.1 Å². The molecule has 0 fully saturated rings. The predicted octanol–water partition coefficient (Wildman–Crippen LogP) is 8.64. The molecule has 2 N–H and O–H groups in total. The number of rotatable bonds is 22. The van der Waals surface area contributed by atoms with Crippen molar-refractivity contribution >= 4 is 23.0 Å². The Morgan fingerprint density at radius 3 is 1.66 bits per heavy atom. The number of para-hydroxylation sites is 1. The molecule has 1 aromatic rings. The maximum Gasteiger partial charge on any atom is 0.170 e. The Morgan fingerprint density at radius 1 is 0.656 bits per heavy atom. The second kappa shape index (κ2) is 23.0. The van der Waals surface area contributed by atoms with E-state index >= 15 is 0 Å². The summed E-state index contributed by atoms with van der Waals surface area (Å²) in [6.45, 7) is 4.84. The molecule has 4 heteroatoms. The molecule has 32 heavy (non-hydrogen) atoms. The third kappa shape index (κ3) is 19.5. The van der Waals surface area contributed by atoms with Crippen molar-refractivity contribution in [3.63, 3.8) is 0 Å². The highest BCUT2D eigenvalue weighted by atomic mass is 32.1. The molecule has 0 saturated heterocycles. The molecule has 0 aliphatic carbocycles. The average Bonchev–Trinajstić information content (AvgIpc) is 2.80. The van der Waals surface area contributed by atoms with Gasteiger partial charge in [0.05, 0.1) is 0 Å². The summed E-state index contributed by atoms with van der Waals surface area (Å²) >= 11 is 5.30. The summed E-state index contributed by atoms with van der Waals surface area (Å²) in [5.41, 5.74) is 1.02. The molecule has 0 amide bonds. The normalized spacial score (nSPS) is 10.9. The Hall–Kier alpha value is -1.13. The number of hydrogen-bond donors (Lipinski definition) is 2. The Morgan fingerprint density at radius 2 is 1.12 bits per heavy atom. The number of benzene rings is 1. The minimum atomic E-state index is 0.675. The van der Waals surface area contributed by atoms with Gasteiger partial charge in [-0.05, 0) is 37.2 Å². The summed E-state index contributed by atoms with van der Waals surface area (Å²) in [5.74, 6) is 0. The molecule has 0 atom stereocenters. The zero-order chi connectivity index (χ0) is 23.0. The van der Waals surface area contributed by atoms with Gasteiger partial charge >= 0.3 is 0 Å². The van der Waals surface area contributed by atoms with Crippen LogP contribution in [0.5, 0.6) is 0 Å². The molecule has 3 nitrogen and oxygen atoms in total. The highest BCUT2D eigenvalue weighted by molar-refractivity contribution is 7.80. The van der Waals surface area contributed by atoms with Gasteiger partial charge in [-0.3, -0.25) is 0 Å². The highest BCUT2D eigenvalue weighted by Gasteiger charge is 1.97. The van der Waals surface area contributed by atoms with E-state index in [1.54, 1.807) is 0 Å². The van der Waals surface area contributed by atoms with Crippen molar-refractivity contribution in [2.45, 2.75) is 116 Å². The Kier molecular flexibility index (Phi) is 20.8. The van der Waals surface area contributed by atoms with Gasteiger partial charge in [0, 0.05) is 25.4 Å². The monoisotopic (exact) mass is 462 g/mol. The second-order valence-corrected chi connectivity index (χ2v) is 9.42. The van der Waals surface area contributed by atoms with Crippen LogP contribution in [-0.4, -0.2) is 24.9 Å². The smallest absolute Gasteiger partial charge is 0.170 e. The van der Waals surface area contributed by atoms with Crippen molar-refractivity contribution in [2.24, 2.45) is 0 Å². The Labute approximate surface area is 204 Å². The van der Waals surface area contributed by atoms with Crippen molar-refractivity contribution in [1.29, 1.82) is 0 Å². The first kappa shape index (κ1) is 28.9. The summed E-state index contributed by atoms with van der Waals surface area (Å²) in [6, 6.07) is 10.0. The maximum absolute atomic E-state index is 5.75. The molecule has 0 bridgehead atoms. The SMILES string of the molecule is CCCCCCCCCCCCCCCCCCOCCCNC(=S)Nc1ccccc1. The number of hydrogen-bond acceptors (Lipinski definition) is 2. The van der Waals surface area contributed by atoms with Gasteiger partial charge in [-0.15, -0.1) is 0 Å². The van der Waals surface area contributed by atoms with E-state index in [4.69, 9.17) is 17.0 Å². The largest absolute Gasteiger partial charge is 0.381 e. The minimum absolute atomic E-state index is 0.675. The quantitative estimate of drug-likeness (QED) is 0.133. The van der Waals surface area contributed by atoms with Crippen LogP contribution in [0.3, 0.4) is 0 Å². The molecule has 1 rings (SSSR count). The standard InChI is InChI=1S/C28H50N2OS/c1-2-3-4-5-6-7-8-9-10-11-12-13-14-15-16-20-25-31-26-21-24-29-28(32)30-27-22-18-17-19-23-27/h17-19,22-23H,2-16,20-21,24-26H2,1H3,(H2,29,30,32). The van der Waals surface area contributed by atoms with Gasteiger partial charge in [-0.2, -0.15) is 0 Å². The highest BCUT2D eigenvalue weighted by Crippen LogP contribution is 2.13. The predicted molar refractivity (Wildman–Crippen MR) is 146 cm³/mol. The Balaban J connectivity index is 1.70. The average molecular weight is 463 g/mol. The van der Waals surface area contributed by atoms with E-state index in [1.165, 1.54) is 103 Å². The third-order valence-corrected chi connectivity index (χ3v) is 6.17. The van der Waals surface area contributed by atoms with Crippen LogP contribution in [-0.2, 0) is 4.74 Å². The molecule has 0 heterocycles. The van der Waals surface area contributed by atoms with E-state index in [0.717, 1.165) is 31.9 Å². The van der Waals surface area contributed by atoms with Gasteiger partial charge in [0.1, 0.15) is 0 Å². The molecule has 1 aromatic carbocycles. The number of thiocarbonyl (C=S) groups is 1. The number of anilines is 1. The molecule has 0 spiro atoms. The van der Waals surface area contributed by atoms with E-state index in [0.29, 0.717) is 5.11 Å². The van der Waals surface area contributed by atoms with E-state index in [1.807, 2.05) is 30.3 Å². The molecule has 0 aliphatic rings. The zero-order valence-corrected chi connectivity index (χ0v) is 21.7. The molecule has 0 unspecified atom stereocenters. The topological polar surface area (TPSA) is 33.3 Å². The summed E-state index contributed by atoms with van der Waals surface area (Å²) in [5, 5.41) is 7.09. The maximum atomic E-state index is 5.75. The fourth-order valence-corrected chi connectivity index (χ4v) is 4.15. The van der Waals surface area contributed by atoms with Gasteiger partial charge in [-0.25, -0.2) is 0 Å². The summed E-state index contributed by atoms with van der Waals surface area (Å²) in [4.78, 5) is 0. The van der Waals surface area contributed by atoms with Gasteiger partial charge in [0.2, 0.25) is 0 Å². The van der Waals surface area contributed by atoms with E-state index < -0.39 is 0 Å². The molecular weight excluding hydrogens is 412 g/mol. The lowest BCUT2D eigenvalue weighted by atomic mass is 10.0. The van der Waals surface area contributed by atoms with E-state index in [-0.39, 0.29) is 0 Å². The molecular formula is C28H50N2OS. The molecule has 0 aliphatic heterocycles. The molecule has 184 valence electrons.